The number of H-pyrrole nitrogens is 1. The molecule has 28 heavy (non-hydrogen) atoms. The lowest BCUT2D eigenvalue weighted by Crippen LogP contribution is -2.41. The van der Waals surface area contributed by atoms with Crippen LogP contribution in [0.2, 0.25) is 0 Å². The van der Waals surface area contributed by atoms with Crippen molar-refractivity contribution in [3.8, 4) is 16.9 Å². The van der Waals surface area contributed by atoms with Crippen molar-refractivity contribution in [3.05, 3.63) is 66.2 Å². The van der Waals surface area contributed by atoms with Gasteiger partial charge in [-0.15, -0.1) is 0 Å². The zero-order valence-corrected chi connectivity index (χ0v) is 15.5. The number of ether oxygens (including phenoxy) is 1. The van der Waals surface area contributed by atoms with E-state index in [1.54, 1.807) is 55.6 Å². The number of aromatic amines is 1. The third kappa shape index (κ3) is 3.18. The summed E-state index contributed by atoms with van der Waals surface area (Å²) in [6, 6.07) is 12.0. The van der Waals surface area contributed by atoms with Gasteiger partial charge in [0.2, 0.25) is 6.35 Å². The maximum Gasteiger partial charge on any atom is 0.229 e. The highest BCUT2D eigenvalue weighted by atomic mass is 19.1. The highest BCUT2D eigenvalue weighted by molar-refractivity contribution is 5.84. The summed E-state index contributed by atoms with van der Waals surface area (Å²) in [5.74, 6) is 0.909. The van der Waals surface area contributed by atoms with Gasteiger partial charge in [0.1, 0.15) is 17.4 Å². The molecule has 1 aliphatic heterocycles. The molecular formula is C20H20FN5O2. The van der Waals surface area contributed by atoms with E-state index in [1.165, 1.54) is 11.1 Å². The summed E-state index contributed by atoms with van der Waals surface area (Å²) >= 11 is 0. The topological polar surface area (TPSA) is 77.0 Å². The van der Waals surface area contributed by atoms with Crippen LogP contribution in [0.25, 0.3) is 11.1 Å². The number of aliphatic hydroxyl groups is 1. The molecule has 1 aliphatic rings. The molecule has 144 valence electrons. The van der Waals surface area contributed by atoms with Crippen LogP contribution in [0, 0.1) is 5.82 Å². The Morgan fingerprint density at radius 1 is 1.25 bits per heavy atom. The Morgan fingerprint density at radius 2 is 2.07 bits per heavy atom. The van der Waals surface area contributed by atoms with Crippen molar-refractivity contribution in [3.63, 3.8) is 0 Å². The van der Waals surface area contributed by atoms with Crippen LogP contribution in [0.1, 0.15) is 12.5 Å². The molecule has 7 nitrogen and oxygen atoms in total. The SMILES string of the molecule is COc1cc(N2N=C(C)N(Cc3ccccc3F)C2O)ccc1-c1cn[nH]c1. The minimum Gasteiger partial charge on any atom is -0.496 e. The van der Waals surface area contributed by atoms with E-state index >= 15 is 0 Å². The van der Waals surface area contributed by atoms with Gasteiger partial charge < -0.3 is 14.7 Å². The average molecular weight is 381 g/mol. The summed E-state index contributed by atoms with van der Waals surface area (Å²) in [6.07, 6.45) is 2.44. The standard InChI is InChI=1S/C20H20FN5O2/c1-13-24-26(20(27)25(13)12-14-5-3-4-6-18(14)21)16-7-8-17(19(9-16)28-2)15-10-22-23-11-15/h3-11,20,27H,12H2,1-2H3,(H,22,23). The van der Waals surface area contributed by atoms with Crippen LogP contribution >= 0.6 is 0 Å². The Morgan fingerprint density at radius 3 is 2.79 bits per heavy atom. The van der Waals surface area contributed by atoms with E-state index in [2.05, 4.69) is 15.3 Å². The molecule has 0 radical (unpaired) electrons. The predicted molar refractivity (Wildman–Crippen MR) is 104 cm³/mol. The van der Waals surface area contributed by atoms with Crippen molar-refractivity contribution in [1.82, 2.24) is 15.1 Å². The fraction of sp³-hybridized carbons (Fsp3) is 0.200. The van der Waals surface area contributed by atoms with E-state index < -0.39 is 6.35 Å². The number of hydrogen-bond acceptors (Lipinski definition) is 6. The van der Waals surface area contributed by atoms with E-state index in [0.29, 0.717) is 22.8 Å². The van der Waals surface area contributed by atoms with Crippen LogP contribution in [-0.4, -0.2) is 39.5 Å². The van der Waals surface area contributed by atoms with Gasteiger partial charge in [0.15, 0.2) is 0 Å². The minimum atomic E-state index is -1.05. The molecule has 0 fully saturated rings. The molecule has 0 amide bonds. The first-order valence-electron chi connectivity index (χ1n) is 8.78. The van der Waals surface area contributed by atoms with Crippen molar-refractivity contribution in [2.24, 2.45) is 5.10 Å². The normalized spacial score (nSPS) is 16.4. The second kappa shape index (κ2) is 7.32. The number of rotatable bonds is 5. The third-order valence-electron chi connectivity index (χ3n) is 4.72. The van der Waals surface area contributed by atoms with E-state index in [-0.39, 0.29) is 12.4 Å². The second-order valence-electron chi connectivity index (χ2n) is 6.43. The van der Waals surface area contributed by atoms with Gasteiger partial charge in [-0.1, -0.05) is 18.2 Å². The lowest BCUT2D eigenvalue weighted by molar-refractivity contribution is 0.0596. The molecule has 3 aromatic rings. The molecule has 2 heterocycles. The van der Waals surface area contributed by atoms with Gasteiger partial charge >= 0.3 is 0 Å². The summed E-state index contributed by atoms with van der Waals surface area (Å²) in [7, 11) is 1.59. The molecule has 0 spiro atoms. The maximum atomic E-state index is 14.0. The first kappa shape index (κ1) is 18.0. The van der Waals surface area contributed by atoms with Crippen LogP contribution in [0.5, 0.6) is 5.75 Å². The Kier molecular flexibility index (Phi) is 4.70. The number of anilines is 1. The number of hydrazone groups is 1. The van der Waals surface area contributed by atoms with Crippen LogP contribution in [0.4, 0.5) is 10.1 Å². The molecule has 4 rings (SSSR count). The van der Waals surface area contributed by atoms with E-state index in [4.69, 9.17) is 4.74 Å². The van der Waals surface area contributed by atoms with Crippen LogP contribution < -0.4 is 9.75 Å². The van der Waals surface area contributed by atoms with Crippen molar-refractivity contribution >= 4 is 11.5 Å². The number of aliphatic hydroxyl groups excluding tert-OH is 1. The number of aromatic nitrogens is 2. The molecule has 1 unspecified atom stereocenters. The Labute approximate surface area is 161 Å². The quantitative estimate of drug-likeness (QED) is 0.710. The monoisotopic (exact) mass is 381 g/mol. The second-order valence-corrected chi connectivity index (χ2v) is 6.43. The predicted octanol–water partition coefficient (Wildman–Crippen LogP) is 3.16. The first-order valence-corrected chi connectivity index (χ1v) is 8.78. The number of halogens is 1. The number of methoxy groups -OCH3 is 1. The summed E-state index contributed by atoms with van der Waals surface area (Å²) in [5.41, 5.74) is 2.92. The zero-order chi connectivity index (χ0) is 19.7. The fourth-order valence-electron chi connectivity index (χ4n) is 3.22. The smallest absolute Gasteiger partial charge is 0.229 e. The van der Waals surface area contributed by atoms with E-state index in [0.717, 1.165) is 11.1 Å². The number of nitrogens with one attached hydrogen (secondary N) is 1. The van der Waals surface area contributed by atoms with Gasteiger partial charge in [-0.05, 0) is 25.1 Å². The Balaban J connectivity index is 1.61. The first-order chi connectivity index (χ1) is 13.6. The molecule has 0 bridgehead atoms. The Bertz CT molecular complexity index is 1010. The van der Waals surface area contributed by atoms with Crippen molar-refractivity contribution in [2.45, 2.75) is 19.8 Å². The van der Waals surface area contributed by atoms with Crippen LogP contribution in [0.3, 0.4) is 0 Å². The highest BCUT2D eigenvalue weighted by Crippen LogP contribution is 2.35. The largest absolute Gasteiger partial charge is 0.496 e. The van der Waals surface area contributed by atoms with Gasteiger partial charge in [-0.3, -0.25) is 5.10 Å². The van der Waals surface area contributed by atoms with Gasteiger partial charge in [0.25, 0.3) is 0 Å². The zero-order valence-electron chi connectivity index (χ0n) is 15.5. The minimum absolute atomic E-state index is 0.212. The van der Waals surface area contributed by atoms with Crippen LogP contribution in [-0.2, 0) is 6.54 Å². The van der Waals surface area contributed by atoms with E-state index in [9.17, 15) is 9.50 Å². The molecule has 1 atom stereocenters. The summed E-state index contributed by atoms with van der Waals surface area (Å²) in [5, 5.41) is 23.5. The maximum absolute atomic E-state index is 14.0. The average Bonchev–Trinajstić information content (AvgIpc) is 3.33. The summed E-state index contributed by atoms with van der Waals surface area (Å²) in [4.78, 5) is 1.63. The Hall–Kier alpha value is -3.39. The molecule has 0 saturated carbocycles. The lowest BCUT2D eigenvalue weighted by Gasteiger charge is -2.27. The molecule has 2 N–H and O–H groups in total. The molecule has 2 aromatic carbocycles. The van der Waals surface area contributed by atoms with Gasteiger partial charge in [-0.25, -0.2) is 9.40 Å². The summed E-state index contributed by atoms with van der Waals surface area (Å²) in [6.45, 7) is 1.99. The number of amidine groups is 1. The number of hydrogen-bond donors (Lipinski definition) is 2. The number of nitrogens with zero attached hydrogens (tertiary/aromatic N) is 4. The highest BCUT2D eigenvalue weighted by Gasteiger charge is 2.32. The van der Waals surface area contributed by atoms with Gasteiger partial charge in [0, 0.05) is 29.0 Å². The van der Waals surface area contributed by atoms with Crippen molar-refractivity contribution in [1.29, 1.82) is 0 Å². The summed E-state index contributed by atoms with van der Waals surface area (Å²) < 4.78 is 19.5. The molecule has 0 aliphatic carbocycles. The molecule has 1 aromatic heterocycles. The molecule has 8 heteroatoms. The van der Waals surface area contributed by atoms with Gasteiger partial charge in [-0.2, -0.15) is 10.2 Å². The van der Waals surface area contributed by atoms with Crippen molar-refractivity contribution < 1.29 is 14.2 Å². The number of benzene rings is 2. The fourth-order valence-corrected chi connectivity index (χ4v) is 3.22. The third-order valence-corrected chi connectivity index (χ3v) is 4.72. The van der Waals surface area contributed by atoms with Crippen LogP contribution in [0.15, 0.2) is 60.0 Å². The van der Waals surface area contributed by atoms with E-state index in [1.807, 2.05) is 12.1 Å². The van der Waals surface area contributed by atoms with Crippen molar-refractivity contribution in [2.75, 3.05) is 12.1 Å². The molecule has 0 saturated heterocycles. The lowest BCUT2D eigenvalue weighted by atomic mass is 10.1. The molecular weight excluding hydrogens is 361 g/mol. The van der Waals surface area contributed by atoms with Gasteiger partial charge in [0.05, 0.1) is 25.5 Å².